The molecule has 1 atom stereocenters. The van der Waals surface area contributed by atoms with Crippen LogP contribution in [-0.4, -0.2) is 105 Å². The van der Waals surface area contributed by atoms with Gasteiger partial charge in [0.1, 0.15) is 5.75 Å². The Kier molecular flexibility index (Phi) is 10.1. The van der Waals surface area contributed by atoms with E-state index in [4.69, 9.17) is 0 Å². The number of likely N-dealkylation sites (N-methyl/N-ethyl adjacent to an activating group) is 1. The van der Waals surface area contributed by atoms with E-state index in [9.17, 15) is 9.90 Å². The maximum absolute atomic E-state index is 12.3. The van der Waals surface area contributed by atoms with E-state index < -0.39 is 0 Å². The number of aromatic hydroxyl groups is 1. The summed E-state index contributed by atoms with van der Waals surface area (Å²) in [4.78, 5) is 25.3. The molecule has 1 unspecified atom stereocenters. The number of benzene rings is 1. The number of aliphatic imine (C=N–C) groups is 1. The van der Waals surface area contributed by atoms with Gasteiger partial charge < -0.3 is 25.1 Å². The second kappa shape index (κ2) is 12.3. The molecule has 1 aromatic rings. The molecule has 2 heterocycles. The largest absolute Gasteiger partial charge is 0.506 e. The number of piperazine rings is 1. The molecule has 2 fully saturated rings. The molecule has 2 aliphatic heterocycles. The van der Waals surface area contributed by atoms with Gasteiger partial charge in [-0.1, -0.05) is 12.1 Å². The van der Waals surface area contributed by atoms with Crippen molar-refractivity contribution in [3.63, 3.8) is 0 Å². The SMILES string of the molecule is CN=C(NCCCN1CCCC1C(=O)N(C)C)N1CCN(c2ccccc2O)CC1.I. The zero-order valence-corrected chi connectivity index (χ0v) is 21.3. The summed E-state index contributed by atoms with van der Waals surface area (Å²) < 4.78 is 0. The number of nitrogens with zero attached hydrogens (tertiary/aromatic N) is 5. The highest BCUT2D eigenvalue weighted by Crippen LogP contribution is 2.27. The summed E-state index contributed by atoms with van der Waals surface area (Å²) in [6.45, 7) is 6.19. The van der Waals surface area contributed by atoms with Gasteiger partial charge in [0.2, 0.25) is 5.91 Å². The smallest absolute Gasteiger partial charge is 0.239 e. The normalized spacial score (nSPS) is 19.8. The third-order valence-corrected chi connectivity index (χ3v) is 6.01. The first kappa shape index (κ1) is 25.5. The second-order valence-electron chi connectivity index (χ2n) is 8.22. The molecule has 8 nitrogen and oxygen atoms in total. The molecule has 9 heteroatoms. The van der Waals surface area contributed by atoms with Crippen LogP contribution >= 0.6 is 24.0 Å². The number of hydrogen-bond donors (Lipinski definition) is 2. The average Bonchev–Trinajstić information content (AvgIpc) is 3.22. The van der Waals surface area contributed by atoms with Crippen molar-refractivity contribution in [2.24, 2.45) is 4.99 Å². The Morgan fingerprint density at radius 1 is 1.19 bits per heavy atom. The standard InChI is InChI=1S/C22H36N6O2.HI/c1-23-22(24-11-7-13-26-12-6-9-19(26)21(30)25(2)3)28-16-14-27(15-17-28)18-8-4-5-10-20(18)29;/h4-5,8,10,19,29H,6-7,9,11-17H2,1-3H3,(H,23,24);1H. The Labute approximate surface area is 203 Å². The molecule has 31 heavy (non-hydrogen) atoms. The first-order chi connectivity index (χ1) is 14.5. The Bertz CT molecular complexity index is 736. The predicted octanol–water partition coefficient (Wildman–Crippen LogP) is 1.65. The van der Waals surface area contributed by atoms with Crippen LogP contribution < -0.4 is 10.2 Å². The number of likely N-dealkylation sites (tertiary alicyclic amines) is 1. The fourth-order valence-electron chi connectivity index (χ4n) is 4.38. The second-order valence-corrected chi connectivity index (χ2v) is 8.22. The zero-order valence-electron chi connectivity index (χ0n) is 19.0. The molecule has 1 aromatic carbocycles. The monoisotopic (exact) mass is 544 g/mol. The van der Waals surface area contributed by atoms with Crippen LogP contribution in [0.25, 0.3) is 0 Å². The third kappa shape index (κ3) is 6.61. The summed E-state index contributed by atoms with van der Waals surface area (Å²) in [5.74, 6) is 1.48. The Hall–Kier alpha value is -1.75. The fraction of sp³-hybridized carbons (Fsp3) is 0.636. The van der Waals surface area contributed by atoms with Crippen molar-refractivity contribution in [1.82, 2.24) is 20.0 Å². The third-order valence-electron chi connectivity index (χ3n) is 6.01. The van der Waals surface area contributed by atoms with Crippen molar-refractivity contribution in [1.29, 1.82) is 0 Å². The van der Waals surface area contributed by atoms with Crippen LogP contribution in [0.3, 0.4) is 0 Å². The first-order valence-corrected chi connectivity index (χ1v) is 10.9. The van der Waals surface area contributed by atoms with Gasteiger partial charge in [-0.25, -0.2) is 0 Å². The van der Waals surface area contributed by atoms with E-state index in [1.165, 1.54) is 0 Å². The summed E-state index contributed by atoms with van der Waals surface area (Å²) in [5, 5.41) is 13.6. The molecule has 0 saturated carbocycles. The van der Waals surface area contributed by atoms with Gasteiger partial charge in [0, 0.05) is 60.4 Å². The summed E-state index contributed by atoms with van der Waals surface area (Å²) in [6.07, 6.45) is 3.04. The number of amides is 1. The molecule has 2 saturated heterocycles. The Balaban J connectivity index is 0.00000341. The number of para-hydroxylation sites is 2. The molecule has 1 amide bonds. The number of halogens is 1. The molecule has 0 radical (unpaired) electrons. The van der Waals surface area contributed by atoms with E-state index in [1.54, 1.807) is 11.0 Å². The van der Waals surface area contributed by atoms with Crippen LogP contribution in [0.5, 0.6) is 5.75 Å². The van der Waals surface area contributed by atoms with E-state index in [1.807, 2.05) is 39.3 Å². The number of hydrogen-bond acceptors (Lipinski definition) is 5. The van der Waals surface area contributed by atoms with Gasteiger partial charge in [-0.15, -0.1) is 24.0 Å². The lowest BCUT2D eigenvalue weighted by Crippen LogP contribution is -2.52. The number of rotatable bonds is 6. The van der Waals surface area contributed by atoms with Crippen molar-refractivity contribution in [2.45, 2.75) is 25.3 Å². The number of anilines is 1. The molecular weight excluding hydrogens is 507 g/mol. The number of carbonyl (C=O) groups is 1. The van der Waals surface area contributed by atoms with Gasteiger partial charge in [0.05, 0.1) is 11.7 Å². The highest BCUT2D eigenvalue weighted by molar-refractivity contribution is 14.0. The number of carbonyl (C=O) groups excluding carboxylic acids is 1. The quantitative estimate of drug-likeness (QED) is 0.246. The van der Waals surface area contributed by atoms with E-state index in [0.717, 1.165) is 76.7 Å². The summed E-state index contributed by atoms with van der Waals surface area (Å²) >= 11 is 0. The van der Waals surface area contributed by atoms with E-state index in [2.05, 4.69) is 25.0 Å². The highest BCUT2D eigenvalue weighted by atomic mass is 127. The first-order valence-electron chi connectivity index (χ1n) is 10.9. The maximum atomic E-state index is 12.3. The van der Waals surface area contributed by atoms with E-state index >= 15 is 0 Å². The van der Waals surface area contributed by atoms with Crippen LogP contribution in [0.2, 0.25) is 0 Å². The van der Waals surface area contributed by atoms with Crippen LogP contribution in [0.4, 0.5) is 5.69 Å². The predicted molar refractivity (Wildman–Crippen MR) is 137 cm³/mol. The number of phenols is 1. The van der Waals surface area contributed by atoms with Crippen LogP contribution in [0.1, 0.15) is 19.3 Å². The van der Waals surface area contributed by atoms with Gasteiger partial charge >= 0.3 is 0 Å². The molecular formula is C22H37IN6O2. The Morgan fingerprint density at radius 2 is 1.90 bits per heavy atom. The molecule has 2 aliphatic rings. The maximum Gasteiger partial charge on any atom is 0.239 e. The fourth-order valence-corrected chi connectivity index (χ4v) is 4.38. The lowest BCUT2D eigenvalue weighted by Gasteiger charge is -2.37. The lowest BCUT2D eigenvalue weighted by molar-refractivity contribution is -0.133. The average molecular weight is 544 g/mol. The highest BCUT2D eigenvalue weighted by Gasteiger charge is 2.31. The molecule has 3 rings (SSSR count). The lowest BCUT2D eigenvalue weighted by atomic mass is 10.2. The van der Waals surface area contributed by atoms with Crippen LogP contribution in [-0.2, 0) is 4.79 Å². The summed E-state index contributed by atoms with van der Waals surface area (Å²) in [6, 6.07) is 7.55. The number of phenolic OH excluding ortho intramolecular Hbond substituents is 1. The number of nitrogens with one attached hydrogen (secondary N) is 1. The zero-order chi connectivity index (χ0) is 21.5. The molecule has 0 aromatic heterocycles. The van der Waals surface area contributed by atoms with Crippen molar-refractivity contribution in [3.8, 4) is 5.75 Å². The summed E-state index contributed by atoms with van der Waals surface area (Å²) in [5.41, 5.74) is 0.896. The van der Waals surface area contributed by atoms with E-state index in [-0.39, 0.29) is 35.9 Å². The molecule has 0 aliphatic carbocycles. The molecule has 0 spiro atoms. The Morgan fingerprint density at radius 3 is 2.55 bits per heavy atom. The molecule has 2 N–H and O–H groups in total. The van der Waals surface area contributed by atoms with Gasteiger partial charge in [-0.2, -0.15) is 0 Å². The van der Waals surface area contributed by atoms with Crippen molar-refractivity contribution < 1.29 is 9.90 Å². The molecule has 174 valence electrons. The minimum absolute atomic E-state index is 0. The van der Waals surface area contributed by atoms with Crippen molar-refractivity contribution in [2.75, 3.05) is 71.9 Å². The van der Waals surface area contributed by atoms with Crippen LogP contribution in [0.15, 0.2) is 29.3 Å². The molecule has 0 bridgehead atoms. The van der Waals surface area contributed by atoms with Gasteiger partial charge in [0.15, 0.2) is 5.96 Å². The summed E-state index contributed by atoms with van der Waals surface area (Å²) in [7, 11) is 5.50. The van der Waals surface area contributed by atoms with Gasteiger partial charge in [-0.05, 0) is 37.9 Å². The van der Waals surface area contributed by atoms with Gasteiger partial charge in [0.25, 0.3) is 0 Å². The van der Waals surface area contributed by atoms with Crippen molar-refractivity contribution >= 4 is 41.5 Å². The minimum atomic E-state index is 0. The minimum Gasteiger partial charge on any atom is -0.506 e. The topological polar surface area (TPSA) is 74.7 Å². The van der Waals surface area contributed by atoms with Crippen LogP contribution in [0, 0.1) is 0 Å². The van der Waals surface area contributed by atoms with Crippen molar-refractivity contribution in [3.05, 3.63) is 24.3 Å². The van der Waals surface area contributed by atoms with Gasteiger partial charge in [-0.3, -0.25) is 14.7 Å². The van der Waals surface area contributed by atoms with E-state index in [0.29, 0.717) is 5.75 Å². The number of guanidine groups is 1.